The molecule has 0 amide bonds. The summed E-state index contributed by atoms with van der Waals surface area (Å²) in [6, 6.07) is 2.16. The van der Waals surface area contributed by atoms with Crippen LogP contribution in [-0.4, -0.2) is 54.6 Å². The molecule has 35 heavy (non-hydrogen) atoms. The first-order valence-electron chi connectivity index (χ1n) is 10.6. The number of nitrogens with zero attached hydrogens (tertiary/aromatic N) is 5. The Balaban J connectivity index is 0.000000364. The van der Waals surface area contributed by atoms with Gasteiger partial charge in [0.1, 0.15) is 5.82 Å². The minimum absolute atomic E-state index is 0.0119. The molecule has 5 rings (SSSR count). The number of hydrogen-bond donors (Lipinski definition) is 1. The van der Waals surface area contributed by atoms with Crippen LogP contribution < -0.4 is 11.1 Å². The standard InChI is InChI=1S/C19H21N5O2S2.C2HF3O2/c1-13-20-15(10-28-13)8-24-18(26)17(25)23-12-19(6-16(23)21-24)3-4-22(11-19)7-14-2-5-27-9-14;3-2(4,5)1(6)7/h2,5,9-10H,3-4,6-8,11-12H2,1H3;(H,6,7). The summed E-state index contributed by atoms with van der Waals surface area (Å²) in [6.45, 7) is 5.67. The highest BCUT2D eigenvalue weighted by Gasteiger charge is 2.44. The average Bonchev–Trinajstić information content (AvgIpc) is 3.56. The highest BCUT2D eigenvalue weighted by Crippen LogP contribution is 2.39. The van der Waals surface area contributed by atoms with Gasteiger partial charge < -0.3 is 5.11 Å². The molecule has 0 radical (unpaired) electrons. The van der Waals surface area contributed by atoms with Gasteiger partial charge in [-0.2, -0.15) is 29.6 Å². The van der Waals surface area contributed by atoms with Crippen molar-refractivity contribution in [2.75, 3.05) is 13.1 Å². The molecule has 0 aliphatic carbocycles. The van der Waals surface area contributed by atoms with E-state index in [-0.39, 0.29) is 12.0 Å². The molecule has 1 N–H and O–H groups in total. The van der Waals surface area contributed by atoms with Crippen molar-refractivity contribution >= 4 is 28.6 Å². The number of aryl methyl sites for hydroxylation is 1. The van der Waals surface area contributed by atoms with E-state index < -0.39 is 23.3 Å². The van der Waals surface area contributed by atoms with Crippen molar-refractivity contribution in [1.29, 1.82) is 0 Å². The maximum Gasteiger partial charge on any atom is 0.490 e. The fourth-order valence-electron chi connectivity index (χ4n) is 4.42. The van der Waals surface area contributed by atoms with E-state index in [2.05, 4.69) is 31.8 Å². The van der Waals surface area contributed by atoms with Gasteiger partial charge in [-0.25, -0.2) is 14.5 Å². The Morgan fingerprint density at radius 2 is 1.94 bits per heavy atom. The fraction of sp³-hybridized carbons (Fsp3) is 0.476. The molecule has 3 aromatic heterocycles. The normalized spacial score (nSPS) is 19.5. The SMILES string of the molecule is Cc1nc(Cn2nc3n(c(=O)c2=O)CC2(CCN(Cc4ccsc4)C2)C3)cs1.O=C(O)C(F)(F)F. The van der Waals surface area contributed by atoms with E-state index in [0.717, 1.165) is 49.0 Å². The number of aliphatic carboxylic acids is 1. The van der Waals surface area contributed by atoms with Crippen LogP contribution in [0.15, 0.2) is 31.8 Å². The lowest BCUT2D eigenvalue weighted by Crippen LogP contribution is -2.43. The molecule has 2 aliphatic heterocycles. The van der Waals surface area contributed by atoms with Crippen LogP contribution in [0.1, 0.15) is 28.5 Å². The van der Waals surface area contributed by atoms with Gasteiger partial charge in [-0.15, -0.1) is 11.3 Å². The molecule has 14 heteroatoms. The van der Waals surface area contributed by atoms with Crippen LogP contribution >= 0.6 is 22.7 Å². The number of thiophene rings is 1. The number of rotatable bonds is 4. The van der Waals surface area contributed by atoms with Crippen LogP contribution in [0, 0.1) is 12.3 Å². The molecular weight excluding hydrogens is 507 g/mol. The van der Waals surface area contributed by atoms with E-state index in [1.165, 1.54) is 21.6 Å². The van der Waals surface area contributed by atoms with Gasteiger partial charge in [-0.05, 0) is 42.3 Å². The van der Waals surface area contributed by atoms with E-state index in [0.29, 0.717) is 6.54 Å². The number of aromatic nitrogens is 4. The zero-order chi connectivity index (χ0) is 25.4. The topological polar surface area (TPSA) is 110 Å². The molecule has 5 heterocycles. The van der Waals surface area contributed by atoms with Gasteiger partial charge in [0.15, 0.2) is 0 Å². The predicted octanol–water partition coefficient (Wildman–Crippen LogP) is 2.36. The van der Waals surface area contributed by atoms with Gasteiger partial charge in [-0.3, -0.25) is 19.1 Å². The lowest BCUT2D eigenvalue weighted by Gasteiger charge is -2.22. The van der Waals surface area contributed by atoms with Gasteiger partial charge in [0.2, 0.25) is 0 Å². The van der Waals surface area contributed by atoms with Crippen LogP contribution in [0.2, 0.25) is 0 Å². The Morgan fingerprint density at radius 3 is 2.54 bits per heavy atom. The lowest BCUT2D eigenvalue weighted by atomic mass is 9.86. The zero-order valence-electron chi connectivity index (χ0n) is 18.6. The molecular formula is C21H22F3N5O4S2. The molecule has 188 valence electrons. The van der Waals surface area contributed by atoms with Crippen LogP contribution in [0.25, 0.3) is 0 Å². The first-order valence-corrected chi connectivity index (χ1v) is 12.4. The van der Waals surface area contributed by atoms with Crippen molar-refractivity contribution in [1.82, 2.24) is 24.2 Å². The van der Waals surface area contributed by atoms with E-state index in [1.54, 1.807) is 15.9 Å². The third-order valence-corrected chi connectivity index (χ3v) is 7.52. The second kappa shape index (κ2) is 9.66. The average molecular weight is 530 g/mol. The number of thiazole rings is 1. The molecule has 2 aliphatic rings. The molecule has 9 nitrogen and oxygen atoms in total. The monoisotopic (exact) mass is 529 g/mol. The molecule has 0 aromatic carbocycles. The largest absolute Gasteiger partial charge is 0.490 e. The second-order valence-corrected chi connectivity index (χ2v) is 10.5. The summed E-state index contributed by atoms with van der Waals surface area (Å²) in [5.41, 5.74) is 1.12. The van der Waals surface area contributed by atoms with Crippen LogP contribution in [0.4, 0.5) is 13.2 Å². The molecule has 1 unspecified atom stereocenters. The molecule has 1 fully saturated rings. The molecule has 0 bridgehead atoms. The van der Waals surface area contributed by atoms with Gasteiger partial charge >= 0.3 is 23.3 Å². The summed E-state index contributed by atoms with van der Waals surface area (Å²) in [6.07, 6.45) is -3.31. The van der Waals surface area contributed by atoms with Gasteiger partial charge in [0.05, 0.1) is 17.2 Å². The molecule has 1 atom stereocenters. The summed E-state index contributed by atoms with van der Waals surface area (Å²) < 4.78 is 34.6. The van der Waals surface area contributed by atoms with Crippen molar-refractivity contribution < 1.29 is 23.1 Å². The third kappa shape index (κ3) is 5.70. The minimum Gasteiger partial charge on any atom is -0.475 e. The number of carbonyl (C=O) groups is 1. The van der Waals surface area contributed by atoms with Gasteiger partial charge in [0, 0.05) is 36.9 Å². The summed E-state index contributed by atoms with van der Waals surface area (Å²) in [4.78, 5) is 41.0. The summed E-state index contributed by atoms with van der Waals surface area (Å²) >= 11 is 3.25. The number of alkyl halides is 3. The van der Waals surface area contributed by atoms with Crippen molar-refractivity contribution in [3.8, 4) is 0 Å². The van der Waals surface area contributed by atoms with Crippen molar-refractivity contribution in [3.05, 3.63) is 65.0 Å². The molecule has 1 spiro atoms. The first-order chi connectivity index (χ1) is 16.5. The molecule has 3 aromatic rings. The maximum atomic E-state index is 12.7. The number of likely N-dealkylation sites (tertiary alicyclic amines) is 1. The van der Waals surface area contributed by atoms with Crippen LogP contribution in [0.3, 0.4) is 0 Å². The highest BCUT2D eigenvalue weighted by atomic mass is 32.1. The number of hydrogen-bond acceptors (Lipinski definition) is 8. The third-order valence-electron chi connectivity index (χ3n) is 5.96. The van der Waals surface area contributed by atoms with Crippen molar-refractivity contribution in [3.63, 3.8) is 0 Å². The zero-order valence-corrected chi connectivity index (χ0v) is 20.3. The minimum atomic E-state index is -5.08. The van der Waals surface area contributed by atoms with Gasteiger partial charge in [0.25, 0.3) is 0 Å². The Kier molecular flexibility index (Phi) is 6.97. The Hall–Kier alpha value is -2.84. The quantitative estimate of drug-likeness (QED) is 0.517. The lowest BCUT2D eigenvalue weighted by molar-refractivity contribution is -0.192. The predicted molar refractivity (Wildman–Crippen MR) is 123 cm³/mol. The van der Waals surface area contributed by atoms with E-state index in [1.807, 2.05) is 12.3 Å². The van der Waals surface area contributed by atoms with Crippen molar-refractivity contribution in [2.45, 2.75) is 45.6 Å². The molecule has 0 saturated carbocycles. The van der Waals surface area contributed by atoms with E-state index in [9.17, 15) is 22.8 Å². The Bertz CT molecular complexity index is 1330. The van der Waals surface area contributed by atoms with Crippen LogP contribution in [-0.2, 0) is 30.8 Å². The number of fused-ring (bicyclic) bond motifs is 1. The summed E-state index contributed by atoms with van der Waals surface area (Å²) in [5, 5.41) is 18.8. The van der Waals surface area contributed by atoms with Crippen molar-refractivity contribution in [2.24, 2.45) is 5.41 Å². The van der Waals surface area contributed by atoms with Gasteiger partial charge in [-0.1, -0.05) is 0 Å². The summed E-state index contributed by atoms with van der Waals surface area (Å²) in [7, 11) is 0. The van der Waals surface area contributed by atoms with E-state index in [4.69, 9.17) is 9.90 Å². The number of carboxylic acids is 1. The summed E-state index contributed by atoms with van der Waals surface area (Å²) in [5.74, 6) is -2.03. The second-order valence-electron chi connectivity index (χ2n) is 8.70. The first kappa shape index (κ1) is 25.3. The van der Waals surface area contributed by atoms with Crippen LogP contribution in [0.5, 0.6) is 0 Å². The van der Waals surface area contributed by atoms with E-state index >= 15 is 0 Å². The number of carboxylic acid groups (broad SMARTS) is 1. The maximum absolute atomic E-state index is 12.7. The Morgan fingerprint density at radius 1 is 1.20 bits per heavy atom. The Labute approximate surface area is 205 Å². The molecule has 1 saturated heterocycles. The number of halogens is 3. The smallest absolute Gasteiger partial charge is 0.475 e. The highest BCUT2D eigenvalue weighted by molar-refractivity contribution is 7.09. The fourth-order valence-corrected chi connectivity index (χ4v) is 5.68.